The summed E-state index contributed by atoms with van der Waals surface area (Å²) in [5.41, 5.74) is -0.571. The standard InChI is InChI=1S/C13H17ClNO6P/c14-9-3-1-2-4-10(9)15-7-11(22(20)21)8(13(18)19)5-6-12(16)17/h1-4,8,11,15,22H,5-7H2,(H,16,17)(H,18,19)(H,20,21). The third-order valence-corrected chi connectivity index (χ3v) is 4.75. The molecular weight excluding hydrogens is 333 g/mol. The van der Waals surface area contributed by atoms with Crippen molar-refractivity contribution >= 4 is 37.3 Å². The lowest BCUT2D eigenvalue weighted by atomic mass is 9.99. The van der Waals surface area contributed by atoms with Gasteiger partial charge in [-0.15, -0.1) is 0 Å². The Morgan fingerprint density at radius 3 is 2.41 bits per heavy atom. The first-order chi connectivity index (χ1) is 10.3. The predicted molar refractivity (Wildman–Crippen MR) is 82.9 cm³/mol. The van der Waals surface area contributed by atoms with Crippen molar-refractivity contribution in [1.82, 2.24) is 0 Å². The molecular formula is C13H17ClNO6P. The number of rotatable bonds is 9. The molecule has 1 rings (SSSR count). The molecule has 3 atom stereocenters. The second-order valence-electron chi connectivity index (χ2n) is 4.68. The third kappa shape index (κ3) is 5.67. The summed E-state index contributed by atoms with van der Waals surface area (Å²) < 4.78 is 11.5. The van der Waals surface area contributed by atoms with Crippen molar-refractivity contribution in [3.8, 4) is 0 Å². The number of carbonyl (C=O) groups is 2. The Morgan fingerprint density at radius 1 is 1.27 bits per heavy atom. The molecule has 0 amide bonds. The van der Waals surface area contributed by atoms with Gasteiger partial charge in [0.2, 0.25) is 0 Å². The molecule has 0 bridgehead atoms. The van der Waals surface area contributed by atoms with Crippen LogP contribution in [0.1, 0.15) is 12.8 Å². The average molecular weight is 350 g/mol. The molecule has 0 saturated carbocycles. The van der Waals surface area contributed by atoms with Gasteiger partial charge in [-0.05, 0) is 18.6 Å². The fraction of sp³-hybridized carbons (Fsp3) is 0.385. The fourth-order valence-corrected chi connectivity index (χ4v) is 3.13. The van der Waals surface area contributed by atoms with E-state index >= 15 is 0 Å². The van der Waals surface area contributed by atoms with Gasteiger partial charge >= 0.3 is 11.9 Å². The van der Waals surface area contributed by atoms with Gasteiger partial charge in [-0.3, -0.25) is 14.2 Å². The Kier molecular flexibility index (Phi) is 7.38. The van der Waals surface area contributed by atoms with E-state index in [0.29, 0.717) is 10.7 Å². The molecule has 0 aliphatic heterocycles. The predicted octanol–water partition coefficient (Wildman–Crippen LogP) is 2.15. The number of para-hydroxylation sites is 1. The average Bonchev–Trinajstić information content (AvgIpc) is 2.42. The molecule has 122 valence electrons. The maximum atomic E-state index is 11.5. The van der Waals surface area contributed by atoms with Crippen LogP contribution in [-0.4, -0.2) is 39.2 Å². The smallest absolute Gasteiger partial charge is 0.307 e. The topological polar surface area (TPSA) is 124 Å². The summed E-state index contributed by atoms with van der Waals surface area (Å²) in [6, 6.07) is 6.71. The highest BCUT2D eigenvalue weighted by molar-refractivity contribution is 7.39. The maximum Gasteiger partial charge on any atom is 0.307 e. The molecule has 0 fully saturated rings. The van der Waals surface area contributed by atoms with Crippen molar-refractivity contribution in [1.29, 1.82) is 0 Å². The maximum absolute atomic E-state index is 11.5. The molecule has 0 aliphatic rings. The van der Waals surface area contributed by atoms with Crippen LogP contribution in [0.2, 0.25) is 5.02 Å². The number of nitrogens with one attached hydrogen (secondary N) is 1. The molecule has 4 N–H and O–H groups in total. The van der Waals surface area contributed by atoms with E-state index in [2.05, 4.69) is 5.32 Å². The minimum absolute atomic E-state index is 0.0887. The molecule has 0 aliphatic carbocycles. The number of hydrogen-bond acceptors (Lipinski definition) is 4. The monoisotopic (exact) mass is 349 g/mol. The molecule has 1 aromatic rings. The van der Waals surface area contributed by atoms with E-state index < -0.39 is 31.5 Å². The van der Waals surface area contributed by atoms with Crippen LogP contribution in [-0.2, 0) is 14.2 Å². The van der Waals surface area contributed by atoms with Crippen LogP contribution in [0.25, 0.3) is 0 Å². The summed E-state index contributed by atoms with van der Waals surface area (Å²) >= 11 is 5.94. The molecule has 1 aromatic carbocycles. The minimum atomic E-state index is -3.18. The largest absolute Gasteiger partial charge is 0.481 e. The molecule has 22 heavy (non-hydrogen) atoms. The molecule has 0 spiro atoms. The number of halogens is 1. The molecule has 0 radical (unpaired) electrons. The first kappa shape index (κ1) is 18.5. The second kappa shape index (κ2) is 8.78. The molecule has 7 nitrogen and oxygen atoms in total. The zero-order valence-corrected chi connectivity index (χ0v) is 13.3. The Balaban J connectivity index is 2.82. The highest BCUT2D eigenvalue weighted by Crippen LogP contribution is 2.33. The lowest BCUT2D eigenvalue weighted by Crippen LogP contribution is -2.32. The van der Waals surface area contributed by atoms with Crippen LogP contribution in [0.3, 0.4) is 0 Å². The first-order valence-electron chi connectivity index (χ1n) is 6.48. The Hall–Kier alpha value is -1.56. The zero-order chi connectivity index (χ0) is 16.7. The van der Waals surface area contributed by atoms with Gasteiger partial charge in [0.15, 0.2) is 8.03 Å². The van der Waals surface area contributed by atoms with Crippen LogP contribution >= 0.6 is 19.6 Å². The second-order valence-corrected chi connectivity index (χ2v) is 6.51. The summed E-state index contributed by atoms with van der Waals surface area (Å²) in [5.74, 6) is -3.66. The van der Waals surface area contributed by atoms with Crippen molar-refractivity contribution in [2.24, 2.45) is 5.92 Å². The van der Waals surface area contributed by atoms with Gasteiger partial charge in [-0.1, -0.05) is 23.7 Å². The molecule has 9 heteroatoms. The highest BCUT2D eigenvalue weighted by atomic mass is 35.5. The van der Waals surface area contributed by atoms with E-state index in [1.165, 1.54) is 0 Å². The van der Waals surface area contributed by atoms with Gasteiger partial charge in [0.25, 0.3) is 0 Å². The lowest BCUT2D eigenvalue weighted by Gasteiger charge is -2.22. The van der Waals surface area contributed by atoms with E-state index in [1.807, 2.05) is 0 Å². The van der Waals surface area contributed by atoms with Gasteiger partial charge in [0.05, 0.1) is 22.3 Å². The fourth-order valence-electron chi connectivity index (χ4n) is 2.00. The van der Waals surface area contributed by atoms with E-state index in [9.17, 15) is 24.2 Å². The Bertz CT molecular complexity index is 567. The van der Waals surface area contributed by atoms with Gasteiger partial charge < -0.3 is 20.4 Å². The summed E-state index contributed by atoms with van der Waals surface area (Å²) in [7, 11) is -3.18. The normalized spacial score (nSPS) is 14.8. The quantitative estimate of drug-likeness (QED) is 0.503. The highest BCUT2D eigenvalue weighted by Gasteiger charge is 2.32. The Morgan fingerprint density at radius 2 is 1.91 bits per heavy atom. The van der Waals surface area contributed by atoms with Gasteiger partial charge in [0.1, 0.15) is 0 Å². The number of carboxylic acids is 2. The van der Waals surface area contributed by atoms with Crippen molar-refractivity contribution in [2.45, 2.75) is 18.5 Å². The molecule has 0 saturated heterocycles. The number of carboxylic acid groups (broad SMARTS) is 2. The SMILES string of the molecule is O=C(O)CCC(C(=O)O)C(CNc1ccccc1Cl)[PH](=O)O. The zero-order valence-electron chi connectivity index (χ0n) is 11.5. The number of anilines is 1. The molecule has 3 unspecified atom stereocenters. The third-order valence-electron chi connectivity index (χ3n) is 3.18. The van der Waals surface area contributed by atoms with E-state index in [1.54, 1.807) is 24.3 Å². The lowest BCUT2D eigenvalue weighted by molar-refractivity contribution is -0.142. The van der Waals surface area contributed by atoms with E-state index in [0.717, 1.165) is 0 Å². The summed E-state index contributed by atoms with van der Waals surface area (Å²) in [6.07, 6.45) is -0.592. The minimum Gasteiger partial charge on any atom is -0.481 e. The number of benzene rings is 1. The number of aliphatic carboxylic acids is 2. The number of hydrogen-bond donors (Lipinski definition) is 4. The van der Waals surface area contributed by atoms with Crippen molar-refractivity contribution in [3.63, 3.8) is 0 Å². The van der Waals surface area contributed by atoms with E-state index in [-0.39, 0.29) is 19.4 Å². The molecule has 0 aromatic heterocycles. The van der Waals surface area contributed by atoms with Crippen molar-refractivity contribution < 1.29 is 29.3 Å². The van der Waals surface area contributed by atoms with Crippen molar-refractivity contribution in [3.05, 3.63) is 29.3 Å². The van der Waals surface area contributed by atoms with Crippen molar-refractivity contribution in [2.75, 3.05) is 11.9 Å². The first-order valence-corrected chi connectivity index (χ1v) is 8.29. The van der Waals surface area contributed by atoms with Crippen LogP contribution in [0, 0.1) is 5.92 Å². The van der Waals surface area contributed by atoms with Gasteiger partial charge in [-0.2, -0.15) is 0 Å². The van der Waals surface area contributed by atoms with Crippen LogP contribution in [0.15, 0.2) is 24.3 Å². The summed E-state index contributed by atoms with van der Waals surface area (Å²) in [6.45, 7) is -0.0887. The summed E-state index contributed by atoms with van der Waals surface area (Å²) in [4.78, 5) is 31.2. The van der Waals surface area contributed by atoms with E-state index in [4.69, 9.17) is 16.7 Å². The van der Waals surface area contributed by atoms with Crippen LogP contribution in [0.4, 0.5) is 5.69 Å². The van der Waals surface area contributed by atoms with Gasteiger partial charge in [0, 0.05) is 13.0 Å². The van der Waals surface area contributed by atoms with Crippen LogP contribution < -0.4 is 5.32 Å². The van der Waals surface area contributed by atoms with Crippen LogP contribution in [0.5, 0.6) is 0 Å². The summed E-state index contributed by atoms with van der Waals surface area (Å²) in [5, 5.41) is 21.1. The molecule has 0 heterocycles. The Labute approximate surface area is 132 Å². The van der Waals surface area contributed by atoms with Gasteiger partial charge in [-0.25, -0.2) is 0 Å².